The number of methoxy groups -OCH3 is 1. The lowest BCUT2D eigenvalue weighted by Crippen LogP contribution is -2.53. The fourth-order valence-corrected chi connectivity index (χ4v) is 10.5. The zero-order valence-electron chi connectivity index (χ0n) is 34.0. The summed E-state index contributed by atoms with van der Waals surface area (Å²) in [6.07, 6.45) is 5.53. The van der Waals surface area contributed by atoms with Crippen LogP contribution in [0.3, 0.4) is 0 Å². The number of nitrogens with one attached hydrogen (secondary N) is 2. The molecule has 3 aromatic heterocycles. The Morgan fingerprint density at radius 3 is 2.53 bits per heavy atom. The number of benzene rings is 2. The Kier molecular flexibility index (Phi) is 8.54. The number of imidazole rings is 1. The van der Waals surface area contributed by atoms with Crippen LogP contribution in [0.5, 0.6) is 5.75 Å². The quantitative estimate of drug-likeness (QED) is 0.152. The van der Waals surface area contributed by atoms with Crippen molar-refractivity contribution in [1.29, 1.82) is 0 Å². The predicted molar refractivity (Wildman–Crippen MR) is 221 cm³/mol. The number of rotatable bonds is 8. The maximum atomic E-state index is 16.7. The molecule has 14 heteroatoms. The number of hydrogen-bond acceptors (Lipinski definition) is 8. The largest absolute Gasteiger partial charge is 0.494 e. The van der Waals surface area contributed by atoms with Crippen LogP contribution in [0.4, 0.5) is 9.18 Å². The Bertz CT molecular complexity index is 2470. The lowest BCUT2D eigenvalue weighted by Gasteiger charge is -2.32. The van der Waals surface area contributed by atoms with Gasteiger partial charge in [-0.15, -0.1) is 11.3 Å². The Balaban J connectivity index is 0.982. The number of carbonyl (C=O) groups is 2. The van der Waals surface area contributed by atoms with Crippen LogP contribution in [0.2, 0.25) is 0 Å². The van der Waals surface area contributed by atoms with Gasteiger partial charge in [-0.2, -0.15) is 0 Å². The summed E-state index contributed by atoms with van der Waals surface area (Å²) >= 11 is 1.77. The van der Waals surface area contributed by atoms with Crippen LogP contribution in [0.25, 0.3) is 33.4 Å². The average Bonchev–Trinajstić information content (AvgIpc) is 3.76. The minimum Gasteiger partial charge on any atom is -0.464 e. The summed E-state index contributed by atoms with van der Waals surface area (Å²) in [7, 11) is 0.775. The first-order valence-electron chi connectivity index (χ1n) is 20.5. The molecule has 302 valence electrons. The maximum absolute atomic E-state index is 16.7. The second-order valence-corrected chi connectivity index (χ2v) is 19.3. The summed E-state index contributed by atoms with van der Waals surface area (Å²) in [5, 5.41) is 3.69. The van der Waals surface area contributed by atoms with Crippen LogP contribution in [0.1, 0.15) is 107 Å². The molecule has 5 aromatic rings. The third-order valence-electron chi connectivity index (χ3n) is 13.5. The molecule has 2 saturated heterocycles. The Hall–Kier alpha value is -4.66. The number of alkyl carbamates (subject to hydrolysis) is 1. The van der Waals surface area contributed by atoms with Crippen LogP contribution < -0.4 is 15.5 Å². The first-order chi connectivity index (χ1) is 27.7. The van der Waals surface area contributed by atoms with Crippen molar-refractivity contribution in [3.8, 4) is 28.3 Å². The molecule has 3 aliphatic heterocycles. The van der Waals surface area contributed by atoms with Gasteiger partial charge in [0.05, 0.1) is 57.4 Å². The smallest absolute Gasteiger partial charge is 0.464 e. The summed E-state index contributed by atoms with van der Waals surface area (Å²) in [6, 6.07) is 15.4. The SMILES string of the molecule is COC(=O)NC(C(=O)N1CCCC12CC2c1ncc(-c2cc(F)c3c(c2)OC(c2ccc(C4CC4)s2)n2c-3cc3cc(B4OC(C)(C)C(C)(C)O4)ccc32)[nH]1)C(C)C. The number of ether oxygens (including phenoxy) is 2. The van der Waals surface area contributed by atoms with E-state index in [1.807, 2.05) is 58.6 Å². The molecule has 4 fully saturated rings. The third-order valence-corrected chi connectivity index (χ3v) is 14.8. The lowest BCUT2D eigenvalue weighted by atomic mass is 9.78. The van der Waals surface area contributed by atoms with Crippen molar-refractivity contribution in [3.05, 3.63) is 76.1 Å². The Labute approximate surface area is 341 Å². The van der Waals surface area contributed by atoms with Gasteiger partial charge in [0.25, 0.3) is 0 Å². The number of likely N-dealkylation sites (tertiary alicyclic amines) is 1. The van der Waals surface area contributed by atoms with E-state index in [1.165, 1.54) is 24.8 Å². The van der Waals surface area contributed by atoms with E-state index in [-0.39, 0.29) is 23.3 Å². The van der Waals surface area contributed by atoms with Crippen molar-refractivity contribution in [2.24, 2.45) is 5.92 Å². The summed E-state index contributed by atoms with van der Waals surface area (Å²) in [5.74, 6) is 1.22. The van der Waals surface area contributed by atoms with E-state index >= 15 is 4.39 Å². The first kappa shape index (κ1) is 37.6. The zero-order valence-corrected chi connectivity index (χ0v) is 34.8. The third kappa shape index (κ3) is 5.91. The van der Waals surface area contributed by atoms with E-state index in [0.717, 1.165) is 52.0 Å². The molecule has 58 heavy (non-hydrogen) atoms. The minimum absolute atomic E-state index is 0.000917. The number of thiophene rings is 1. The number of H-pyrrole nitrogens is 1. The van der Waals surface area contributed by atoms with E-state index < -0.39 is 42.5 Å². The molecule has 0 bridgehead atoms. The number of carbonyl (C=O) groups excluding carboxylic acids is 2. The molecule has 1 spiro atoms. The molecule has 0 radical (unpaired) electrons. The normalized spacial score (nSPS) is 24.6. The molecule has 2 aromatic carbocycles. The predicted octanol–water partition coefficient (Wildman–Crippen LogP) is 8.24. The standard InChI is InChI=1S/C44H49BFN5O6S/c1-23(2)37(49-41(53)54-7)39(52)50-16-8-15-44(50)21-28(44)38-47-22-30(48-38)25-18-29(46)36-32-19-26-17-27(45-56-42(3,4)43(5,6)57-45)11-12-31(26)51(32)40(55-33(36)20-25)35-14-13-34(58-35)24-9-10-24/h11-14,17-20,22-24,28,37,40H,8-10,15-16,21H2,1-7H3,(H,47,48)(H,49,53). The number of aromatic nitrogens is 3. The highest BCUT2D eigenvalue weighted by Crippen LogP contribution is 2.60. The van der Waals surface area contributed by atoms with E-state index in [1.54, 1.807) is 23.6 Å². The number of halogens is 1. The first-order valence-corrected chi connectivity index (χ1v) is 21.3. The van der Waals surface area contributed by atoms with E-state index in [2.05, 4.69) is 45.2 Å². The van der Waals surface area contributed by atoms with Gasteiger partial charge in [-0.3, -0.25) is 9.36 Å². The molecular formula is C44H49BFN5O6S. The summed E-state index contributed by atoms with van der Waals surface area (Å²) < 4.78 is 43.3. The Morgan fingerprint density at radius 2 is 1.81 bits per heavy atom. The molecule has 11 nitrogen and oxygen atoms in total. The van der Waals surface area contributed by atoms with Crippen LogP contribution in [-0.4, -0.2) is 75.0 Å². The molecule has 4 unspecified atom stereocenters. The van der Waals surface area contributed by atoms with Crippen LogP contribution in [0.15, 0.2) is 54.7 Å². The van der Waals surface area contributed by atoms with E-state index in [9.17, 15) is 9.59 Å². The molecule has 2 N–H and O–H groups in total. The summed E-state index contributed by atoms with van der Waals surface area (Å²) in [5.41, 5.74) is 2.98. The highest BCUT2D eigenvalue weighted by Gasteiger charge is 2.64. The van der Waals surface area contributed by atoms with Gasteiger partial charge in [-0.1, -0.05) is 26.0 Å². The summed E-state index contributed by atoms with van der Waals surface area (Å²) in [6.45, 7) is 12.6. The molecule has 2 aliphatic carbocycles. The highest BCUT2D eigenvalue weighted by atomic mass is 32.1. The fourth-order valence-electron chi connectivity index (χ4n) is 9.33. The van der Waals surface area contributed by atoms with Gasteiger partial charge in [-0.25, -0.2) is 14.2 Å². The zero-order chi connectivity index (χ0) is 40.5. The lowest BCUT2D eigenvalue weighted by molar-refractivity contribution is -0.136. The van der Waals surface area contributed by atoms with Gasteiger partial charge in [0.1, 0.15) is 23.4 Å². The van der Waals surface area contributed by atoms with Crippen LogP contribution >= 0.6 is 11.3 Å². The van der Waals surface area contributed by atoms with Crippen molar-refractivity contribution in [3.63, 3.8) is 0 Å². The van der Waals surface area contributed by atoms with Gasteiger partial charge in [-0.05, 0) is 113 Å². The van der Waals surface area contributed by atoms with Gasteiger partial charge in [0, 0.05) is 28.3 Å². The van der Waals surface area contributed by atoms with Crippen LogP contribution in [-0.2, 0) is 18.8 Å². The van der Waals surface area contributed by atoms with Crippen molar-refractivity contribution >= 4 is 46.8 Å². The molecule has 2 saturated carbocycles. The topological polar surface area (TPSA) is 120 Å². The molecule has 10 rings (SSSR count). The number of aromatic amines is 1. The van der Waals surface area contributed by atoms with Crippen molar-refractivity contribution in [2.45, 2.75) is 114 Å². The molecule has 4 atom stereocenters. The molecule has 2 amide bonds. The second kappa shape index (κ2) is 13.2. The summed E-state index contributed by atoms with van der Waals surface area (Å²) in [4.78, 5) is 38.6. The number of fused-ring (bicyclic) bond motifs is 5. The van der Waals surface area contributed by atoms with E-state index in [0.29, 0.717) is 35.0 Å². The molecular weight excluding hydrogens is 756 g/mol. The van der Waals surface area contributed by atoms with Gasteiger partial charge in [0.15, 0.2) is 0 Å². The number of amides is 2. The molecule has 6 heterocycles. The average molecular weight is 806 g/mol. The minimum atomic E-state index is -0.691. The van der Waals surface area contributed by atoms with Gasteiger partial charge < -0.3 is 34.0 Å². The van der Waals surface area contributed by atoms with Gasteiger partial charge in [0.2, 0.25) is 12.1 Å². The maximum Gasteiger partial charge on any atom is 0.494 e. The monoisotopic (exact) mass is 805 g/mol. The second-order valence-electron chi connectivity index (χ2n) is 18.1. The van der Waals surface area contributed by atoms with Crippen molar-refractivity contribution < 1.29 is 32.8 Å². The highest BCUT2D eigenvalue weighted by molar-refractivity contribution is 7.12. The van der Waals surface area contributed by atoms with Crippen LogP contribution in [0, 0.1) is 11.7 Å². The fraction of sp³-hybridized carbons (Fsp3) is 0.477. The number of nitrogens with zero attached hydrogens (tertiary/aromatic N) is 3. The van der Waals surface area contributed by atoms with Crippen molar-refractivity contribution in [1.82, 2.24) is 24.8 Å². The number of hydrogen-bond donors (Lipinski definition) is 2. The molecule has 5 aliphatic rings. The van der Waals surface area contributed by atoms with E-state index in [4.69, 9.17) is 23.8 Å². The Morgan fingerprint density at radius 1 is 1.05 bits per heavy atom. The van der Waals surface area contributed by atoms with Crippen molar-refractivity contribution in [2.75, 3.05) is 13.7 Å². The van der Waals surface area contributed by atoms with Gasteiger partial charge >= 0.3 is 13.2 Å².